The van der Waals surface area contributed by atoms with Crippen molar-refractivity contribution in [2.75, 3.05) is 26.2 Å². The molecule has 1 saturated heterocycles. The van der Waals surface area contributed by atoms with E-state index in [1.54, 1.807) is 12.1 Å². The normalized spacial score (nSPS) is 17.0. The maximum absolute atomic E-state index is 14.1. The topological polar surface area (TPSA) is 28.4 Å². The third-order valence-corrected chi connectivity index (χ3v) is 3.65. The highest BCUT2D eigenvalue weighted by molar-refractivity contribution is 5.85. The average molecular weight is 333 g/mol. The molecule has 0 radical (unpaired) electrons. The van der Waals surface area contributed by atoms with E-state index in [0.717, 1.165) is 13.1 Å². The van der Waals surface area contributed by atoms with Gasteiger partial charge in [0.25, 0.3) is 0 Å². The number of piperazine rings is 1. The Morgan fingerprint density at radius 2 is 1.73 bits per heavy atom. The maximum Gasteiger partial charge on any atom is 0.134 e. The zero-order chi connectivity index (χ0) is 14.8. The molecule has 0 unspecified atom stereocenters. The average Bonchev–Trinajstić information content (AvgIpc) is 2.97. The van der Waals surface area contributed by atoms with Gasteiger partial charge in [0, 0.05) is 43.9 Å². The number of nitrogens with one attached hydrogen (secondary N) is 1. The van der Waals surface area contributed by atoms with E-state index in [2.05, 4.69) is 5.32 Å². The van der Waals surface area contributed by atoms with E-state index in [1.807, 2.05) is 4.90 Å². The lowest BCUT2D eigenvalue weighted by Crippen LogP contribution is -2.45. The van der Waals surface area contributed by atoms with E-state index in [-0.39, 0.29) is 18.0 Å². The highest BCUT2D eigenvalue weighted by Crippen LogP contribution is 2.33. The minimum absolute atomic E-state index is 0. The highest BCUT2D eigenvalue weighted by Gasteiger charge is 2.31. The van der Waals surface area contributed by atoms with Crippen LogP contribution in [0.2, 0.25) is 0 Å². The third kappa shape index (κ3) is 3.29. The van der Waals surface area contributed by atoms with Crippen molar-refractivity contribution in [3.63, 3.8) is 0 Å². The molecule has 0 amide bonds. The van der Waals surface area contributed by atoms with Crippen LogP contribution < -0.4 is 5.32 Å². The van der Waals surface area contributed by atoms with E-state index in [4.69, 9.17) is 4.42 Å². The molecule has 7 heteroatoms. The van der Waals surface area contributed by atoms with Gasteiger partial charge in [-0.15, -0.1) is 12.4 Å². The molecule has 1 N–H and O–H groups in total. The first-order valence-electron chi connectivity index (χ1n) is 6.79. The summed E-state index contributed by atoms with van der Waals surface area (Å²) >= 11 is 0. The molecule has 120 valence electrons. The van der Waals surface area contributed by atoms with Gasteiger partial charge in [0.15, 0.2) is 0 Å². The molecule has 0 bridgehead atoms. The lowest BCUT2D eigenvalue weighted by atomic mass is 10.0. The Bertz CT molecular complexity index is 592. The number of hydrogen-bond donors (Lipinski definition) is 1. The standard InChI is InChI=1S/C15H15F3N2O.ClH/c16-10-8-11(17)14(12(18)9-10)15(13-2-1-7-21-13)20-5-3-19-4-6-20;/h1-2,7-9,15,19H,3-6H2;1H/t15-;/m0./s1. The Morgan fingerprint density at radius 1 is 1.09 bits per heavy atom. The molecular formula is C15H16ClF3N2O. The number of hydrogen-bond acceptors (Lipinski definition) is 3. The zero-order valence-corrected chi connectivity index (χ0v) is 12.5. The largest absolute Gasteiger partial charge is 0.467 e. The van der Waals surface area contributed by atoms with E-state index in [0.29, 0.717) is 31.0 Å². The summed E-state index contributed by atoms with van der Waals surface area (Å²) in [5.74, 6) is -2.27. The Labute approximate surface area is 132 Å². The van der Waals surface area contributed by atoms with Crippen LogP contribution in [0, 0.1) is 17.5 Å². The van der Waals surface area contributed by atoms with E-state index >= 15 is 0 Å². The molecule has 1 atom stereocenters. The fraction of sp³-hybridized carbons (Fsp3) is 0.333. The molecule has 1 aromatic carbocycles. The summed E-state index contributed by atoms with van der Waals surface area (Å²) in [4.78, 5) is 1.93. The maximum atomic E-state index is 14.1. The first-order valence-corrected chi connectivity index (χ1v) is 6.79. The van der Waals surface area contributed by atoms with Crippen molar-refractivity contribution in [1.29, 1.82) is 0 Å². The molecule has 0 saturated carbocycles. The summed E-state index contributed by atoms with van der Waals surface area (Å²) in [7, 11) is 0. The Hall–Kier alpha value is -1.50. The highest BCUT2D eigenvalue weighted by atomic mass is 35.5. The first-order chi connectivity index (χ1) is 10.2. The fourth-order valence-corrected chi connectivity index (χ4v) is 2.71. The predicted molar refractivity (Wildman–Crippen MR) is 78.6 cm³/mol. The van der Waals surface area contributed by atoms with Crippen LogP contribution in [0.25, 0.3) is 0 Å². The first kappa shape index (κ1) is 16.9. The minimum Gasteiger partial charge on any atom is -0.467 e. The number of furan rings is 1. The van der Waals surface area contributed by atoms with Gasteiger partial charge < -0.3 is 9.73 Å². The van der Waals surface area contributed by atoms with Crippen molar-refractivity contribution >= 4 is 12.4 Å². The molecule has 1 aromatic heterocycles. The van der Waals surface area contributed by atoms with Crippen molar-refractivity contribution < 1.29 is 17.6 Å². The minimum atomic E-state index is -0.924. The summed E-state index contributed by atoms with van der Waals surface area (Å²) in [6, 6.07) is 4.06. The van der Waals surface area contributed by atoms with Crippen molar-refractivity contribution in [3.05, 3.63) is 59.3 Å². The molecule has 22 heavy (non-hydrogen) atoms. The molecule has 2 heterocycles. The number of benzene rings is 1. The molecule has 3 nitrogen and oxygen atoms in total. The van der Waals surface area contributed by atoms with Gasteiger partial charge in [-0.2, -0.15) is 0 Å². The van der Waals surface area contributed by atoms with Crippen molar-refractivity contribution in [1.82, 2.24) is 10.2 Å². The smallest absolute Gasteiger partial charge is 0.134 e. The van der Waals surface area contributed by atoms with Gasteiger partial charge >= 0.3 is 0 Å². The van der Waals surface area contributed by atoms with Gasteiger partial charge in [0.1, 0.15) is 23.2 Å². The summed E-state index contributed by atoms with van der Waals surface area (Å²) in [5.41, 5.74) is -0.173. The molecule has 3 rings (SSSR count). The van der Waals surface area contributed by atoms with Gasteiger partial charge in [-0.3, -0.25) is 4.90 Å². The van der Waals surface area contributed by atoms with Crippen molar-refractivity contribution in [3.8, 4) is 0 Å². The number of halogens is 4. The van der Waals surface area contributed by atoms with Crippen LogP contribution in [0.5, 0.6) is 0 Å². The van der Waals surface area contributed by atoms with Crippen LogP contribution in [0.15, 0.2) is 34.9 Å². The van der Waals surface area contributed by atoms with Crippen LogP contribution in [0.1, 0.15) is 17.4 Å². The van der Waals surface area contributed by atoms with Crippen molar-refractivity contribution in [2.24, 2.45) is 0 Å². The van der Waals surface area contributed by atoms with Crippen LogP contribution in [-0.4, -0.2) is 31.1 Å². The van der Waals surface area contributed by atoms with Gasteiger partial charge in [-0.05, 0) is 12.1 Å². The molecular weight excluding hydrogens is 317 g/mol. The lowest BCUT2D eigenvalue weighted by Gasteiger charge is -2.34. The lowest BCUT2D eigenvalue weighted by molar-refractivity contribution is 0.173. The fourth-order valence-electron chi connectivity index (χ4n) is 2.71. The monoisotopic (exact) mass is 332 g/mol. The predicted octanol–water partition coefficient (Wildman–Crippen LogP) is 3.11. The van der Waals surface area contributed by atoms with Gasteiger partial charge in [0.2, 0.25) is 0 Å². The van der Waals surface area contributed by atoms with Crippen molar-refractivity contribution in [2.45, 2.75) is 6.04 Å². The Kier molecular flexibility index (Phi) is 5.50. The zero-order valence-electron chi connectivity index (χ0n) is 11.7. The summed E-state index contributed by atoms with van der Waals surface area (Å²) in [5, 5.41) is 3.18. The van der Waals surface area contributed by atoms with E-state index in [1.165, 1.54) is 6.26 Å². The summed E-state index contributed by atoms with van der Waals surface area (Å²) in [6.45, 7) is 2.70. The second-order valence-electron chi connectivity index (χ2n) is 4.99. The molecule has 1 aliphatic heterocycles. The molecule has 0 spiro atoms. The Balaban J connectivity index is 0.00000176. The van der Waals surface area contributed by atoms with Gasteiger partial charge in [-0.25, -0.2) is 13.2 Å². The van der Waals surface area contributed by atoms with Crippen LogP contribution >= 0.6 is 12.4 Å². The van der Waals surface area contributed by atoms with E-state index < -0.39 is 23.5 Å². The SMILES string of the molecule is Cl.Fc1cc(F)c([C@H](c2ccco2)N2CCNCC2)c(F)c1. The summed E-state index contributed by atoms with van der Waals surface area (Å²) in [6.07, 6.45) is 1.46. The van der Waals surface area contributed by atoms with Crippen LogP contribution in [0.4, 0.5) is 13.2 Å². The quantitative estimate of drug-likeness (QED) is 0.936. The molecule has 2 aromatic rings. The molecule has 1 aliphatic rings. The Morgan fingerprint density at radius 3 is 2.27 bits per heavy atom. The third-order valence-electron chi connectivity index (χ3n) is 3.65. The van der Waals surface area contributed by atoms with Crippen LogP contribution in [-0.2, 0) is 0 Å². The number of nitrogens with zero attached hydrogens (tertiary/aromatic N) is 1. The molecule has 0 aliphatic carbocycles. The van der Waals surface area contributed by atoms with E-state index in [9.17, 15) is 13.2 Å². The molecule has 1 fully saturated rings. The number of rotatable bonds is 3. The van der Waals surface area contributed by atoms with Gasteiger partial charge in [-0.1, -0.05) is 0 Å². The summed E-state index contributed by atoms with van der Waals surface area (Å²) < 4.78 is 46.8. The second-order valence-corrected chi connectivity index (χ2v) is 4.99. The second kappa shape index (κ2) is 7.17. The van der Waals surface area contributed by atoms with Crippen LogP contribution in [0.3, 0.4) is 0 Å². The van der Waals surface area contributed by atoms with Gasteiger partial charge in [0.05, 0.1) is 12.3 Å².